The second kappa shape index (κ2) is 10.7. The van der Waals surface area contributed by atoms with Crippen molar-refractivity contribution in [2.45, 2.75) is 20.8 Å². The Balaban J connectivity index is 0. The van der Waals surface area contributed by atoms with Crippen LogP contribution in [0.5, 0.6) is 0 Å². The van der Waals surface area contributed by atoms with Gasteiger partial charge in [0.15, 0.2) is 0 Å². The van der Waals surface area contributed by atoms with Crippen LogP contribution in [0.2, 0.25) is 0 Å². The summed E-state index contributed by atoms with van der Waals surface area (Å²) in [4.78, 5) is 11.1. The van der Waals surface area contributed by atoms with Gasteiger partial charge in [0.25, 0.3) is 5.91 Å². The molecule has 0 aliphatic heterocycles. The van der Waals surface area contributed by atoms with E-state index in [0.717, 1.165) is 18.2 Å². The molecule has 1 rings (SSSR count). The zero-order valence-corrected chi connectivity index (χ0v) is 10.2. The Morgan fingerprint density at radius 1 is 1.20 bits per heavy atom. The Hall–Kier alpha value is -1.35. The summed E-state index contributed by atoms with van der Waals surface area (Å²) in [6.07, 6.45) is 0. The van der Waals surface area contributed by atoms with E-state index in [-0.39, 0.29) is 5.91 Å². The van der Waals surface area contributed by atoms with Crippen molar-refractivity contribution in [1.29, 1.82) is 0 Å². The standard InChI is InChI=1S/C9H11NO.C2H6.CH4O/c1-7-5-3-4-6-8(7)9(11)10-2;2*1-2/h3-6H,1-2H3,(H,10,11);1-2H3;2H,1H3. The Morgan fingerprint density at radius 3 is 2.07 bits per heavy atom. The smallest absolute Gasteiger partial charge is 0.251 e. The number of amides is 1. The minimum Gasteiger partial charge on any atom is -0.400 e. The molecule has 0 radical (unpaired) electrons. The number of aliphatic hydroxyl groups is 1. The molecule has 1 aromatic rings. The lowest BCUT2D eigenvalue weighted by Gasteiger charge is -2.01. The van der Waals surface area contributed by atoms with Crippen molar-refractivity contribution in [2.75, 3.05) is 14.2 Å². The molecule has 0 aliphatic carbocycles. The summed E-state index contributed by atoms with van der Waals surface area (Å²) in [7, 11) is 2.63. The van der Waals surface area contributed by atoms with Gasteiger partial charge in [-0.25, -0.2) is 0 Å². The van der Waals surface area contributed by atoms with Crippen molar-refractivity contribution < 1.29 is 9.90 Å². The van der Waals surface area contributed by atoms with Gasteiger partial charge in [0.2, 0.25) is 0 Å². The number of aliphatic hydroxyl groups excluding tert-OH is 1. The van der Waals surface area contributed by atoms with Crippen LogP contribution in [0.25, 0.3) is 0 Å². The van der Waals surface area contributed by atoms with Crippen LogP contribution >= 0.6 is 0 Å². The summed E-state index contributed by atoms with van der Waals surface area (Å²) in [5, 5.41) is 9.58. The zero-order valence-electron chi connectivity index (χ0n) is 10.2. The lowest BCUT2D eigenvalue weighted by molar-refractivity contribution is 0.0962. The Kier molecular flexibility index (Phi) is 11.5. The van der Waals surface area contributed by atoms with E-state index in [0.29, 0.717) is 0 Å². The first-order valence-corrected chi connectivity index (χ1v) is 4.98. The molecule has 2 N–H and O–H groups in total. The minimum atomic E-state index is -0.0249. The highest BCUT2D eigenvalue weighted by Gasteiger charge is 2.03. The molecule has 3 heteroatoms. The monoisotopic (exact) mass is 211 g/mol. The topological polar surface area (TPSA) is 49.3 Å². The van der Waals surface area contributed by atoms with E-state index in [4.69, 9.17) is 5.11 Å². The van der Waals surface area contributed by atoms with E-state index in [9.17, 15) is 4.79 Å². The van der Waals surface area contributed by atoms with Crippen LogP contribution in [0.4, 0.5) is 0 Å². The molecule has 0 bridgehead atoms. The molecule has 0 saturated heterocycles. The molecule has 0 unspecified atom stereocenters. The van der Waals surface area contributed by atoms with Crippen LogP contribution < -0.4 is 5.32 Å². The van der Waals surface area contributed by atoms with Gasteiger partial charge in [0.05, 0.1) is 0 Å². The van der Waals surface area contributed by atoms with Crippen molar-refractivity contribution in [3.05, 3.63) is 35.4 Å². The molecular weight excluding hydrogens is 190 g/mol. The van der Waals surface area contributed by atoms with Gasteiger partial charge in [-0.3, -0.25) is 4.79 Å². The number of rotatable bonds is 1. The molecule has 1 amide bonds. The van der Waals surface area contributed by atoms with Crippen molar-refractivity contribution in [3.8, 4) is 0 Å². The third-order valence-corrected chi connectivity index (χ3v) is 1.62. The Bertz CT molecular complexity index is 272. The Labute approximate surface area is 92.1 Å². The van der Waals surface area contributed by atoms with Gasteiger partial charge in [-0.15, -0.1) is 0 Å². The van der Waals surface area contributed by atoms with Gasteiger partial charge in [-0.2, -0.15) is 0 Å². The maximum Gasteiger partial charge on any atom is 0.251 e. The predicted octanol–water partition coefficient (Wildman–Crippen LogP) is 1.99. The summed E-state index contributed by atoms with van der Waals surface area (Å²) in [6, 6.07) is 7.51. The third-order valence-electron chi connectivity index (χ3n) is 1.62. The highest BCUT2D eigenvalue weighted by Crippen LogP contribution is 2.05. The first-order chi connectivity index (χ1) is 7.25. The van der Waals surface area contributed by atoms with Gasteiger partial charge >= 0.3 is 0 Å². The predicted molar refractivity (Wildman–Crippen MR) is 64.1 cm³/mol. The largest absolute Gasteiger partial charge is 0.400 e. The highest BCUT2D eigenvalue weighted by atomic mass is 16.2. The lowest BCUT2D eigenvalue weighted by atomic mass is 10.1. The summed E-state index contributed by atoms with van der Waals surface area (Å²) < 4.78 is 0. The second-order valence-electron chi connectivity index (χ2n) is 2.39. The van der Waals surface area contributed by atoms with Gasteiger partial charge in [-0.05, 0) is 18.6 Å². The zero-order chi connectivity index (χ0) is 12.3. The van der Waals surface area contributed by atoms with Gasteiger partial charge in [0.1, 0.15) is 0 Å². The molecule has 86 valence electrons. The van der Waals surface area contributed by atoms with E-state index in [2.05, 4.69) is 5.32 Å². The fourth-order valence-corrected chi connectivity index (χ4v) is 0.962. The van der Waals surface area contributed by atoms with E-state index in [1.54, 1.807) is 7.05 Å². The maximum atomic E-state index is 11.1. The van der Waals surface area contributed by atoms with Crippen LogP contribution in [-0.2, 0) is 0 Å². The molecule has 0 aromatic heterocycles. The minimum absolute atomic E-state index is 0.0249. The van der Waals surface area contributed by atoms with E-state index in [1.165, 1.54) is 0 Å². The van der Waals surface area contributed by atoms with Crippen LogP contribution in [0.1, 0.15) is 29.8 Å². The number of hydrogen-bond acceptors (Lipinski definition) is 2. The number of nitrogens with one attached hydrogen (secondary N) is 1. The first-order valence-electron chi connectivity index (χ1n) is 4.98. The maximum absolute atomic E-state index is 11.1. The molecule has 3 nitrogen and oxygen atoms in total. The van der Waals surface area contributed by atoms with E-state index < -0.39 is 0 Å². The van der Waals surface area contributed by atoms with E-state index in [1.807, 2.05) is 45.0 Å². The van der Waals surface area contributed by atoms with Crippen molar-refractivity contribution in [1.82, 2.24) is 5.32 Å². The number of aryl methyl sites for hydroxylation is 1. The summed E-state index contributed by atoms with van der Waals surface area (Å²) >= 11 is 0. The number of hydrogen-bond donors (Lipinski definition) is 2. The van der Waals surface area contributed by atoms with Gasteiger partial charge in [-0.1, -0.05) is 32.0 Å². The Morgan fingerprint density at radius 2 is 1.67 bits per heavy atom. The summed E-state index contributed by atoms with van der Waals surface area (Å²) in [6.45, 7) is 5.92. The molecule has 0 fully saturated rings. The van der Waals surface area contributed by atoms with Crippen molar-refractivity contribution >= 4 is 5.91 Å². The summed E-state index contributed by atoms with van der Waals surface area (Å²) in [5.41, 5.74) is 1.75. The van der Waals surface area contributed by atoms with Crippen molar-refractivity contribution in [3.63, 3.8) is 0 Å². The first kappa shape index (κ1) is 16.1. The average molecular weight is 211 g/mol. The number of benzene rings is 1. The fraction of sp³-hybridized carbons (Fsp3) is 0.417. The SMILES string of the molecule is CC.CNC(=O)c1ccccc1C.CO. The normalized spacial score (nSPS) is 7.60. The number of carbonyl (C=O) groups excluding carboxylic acids is 1. The molecule has 0 aliphatic rings. The molecule has 0 heterocycles. The average Bonchev–Trinajstić information content (AvgIpc) is 2.34. The lowest BCUT2D eigenvalue weighted by Crippen LogP contribution is -2.18. The quantitative estimate of drug-likeness (QED) is 0.746. The molecule has 0 atom stereocenters. The van der Waals surface area contributed by atoms with E-state index >= 15 is 0 Å². The van der Waals surface area contributed by atoms with Crippen LogP contribution in [0, 0.1) is 6.92 Å². The molecule has 15 heavy (non-hydrogen) atoms. The van der Waals surface area contributed by atoms with Crippen LogP contribution in [0.3, 0.4) is 0 Å². The van der Waals surface area contributed by atoms with Gasteiger partial charge in [0, 0.05) is 19.7 Å². The molecule has 1 aromatic carbocycles. The highest BCUT2D eigenvalue weighted by molar-refractivity contribution is 5.95. The third kappa shape index (κ3) is 5.86. The van der Waals surface area contributed by atoms with Crippen molar-refractivity contribution in [2.24, 2.45) is 0 Å². The van der Waals surface area contributed by atoms with Crippen LogP contribution in [-0.4, -0.2) is 25.2 Å². The van der Waals surface area contributed by atoms with Crippen LogP contribution in [0.15, 0.2) is 24.3 Å². The molecule has 0 spiro atoms. The number of carbonyl (C=O) groups is 1. The summed E-state index contributed by atoms with van der Waals surface area (Å²) in [5.74, 6) is -0.0249. The van der Waals surface area contributed by atoms with Gasteiger partial charge < -0.3 is 10.4 Å². The molecular formula is C12H21NO2. The molecule has 0 saturated carbocycles. The second-order valence-corrected chi connectivity index (χ2v) is 2.39. The fourth-order valence-electron chi connectivity index (χ4n) is 0.962.